The van der Waals surface area contributed by atoms with Crippen LogP contribution in [0.2, 0.25) is 10.0 Å². The number of carbonyl (C=O) groups excluding carboxylic acids is 2. The summed E-state index contributed by atoms with van der Waals surface area (Å²) in [6, 6.07) is 13.0. The predicted octanol–water partition coefficient (Wildman–Crippen LogP) is 6.47. The number of Topliss-reactive ketones (excluding diaryl/α,β-unsaturated/α-hetero) is 1. The van der Waals surface area contributed by atoms with Gasteiger partial charge in [-0.15, -0.1) is 0 Å². The number of hydrogen-bond acceptors (Lipinski definition) is 2. The molecule has 2 aliphatic rings. The summed E-state index contributed by atoms with van der Waals surface area (Å²) in [5.41, 5.74) is 3.84. The third-order valence-corrected chi connectivity index (χ3v) is 6.52. The minimum Gasteiger partial charge on any atom is -0.294 e. The molecule has 0 aromatic heterocycles. The third kappa shape index (κ3) is 3.62. The molecule has 1 atom stereocenters. The molecule has 5 heteroatoms. The summed E-state index contributed by atoms with van der Waals surface area (Å²) in [4.78, 5) is 28.4. The van der Waals surface area contributed by atoms with E-state index in [-0.39, 0.29) is 29.4 Å². The van der Waals surface area contributed by atoms with Crippen LogP contribution in [0.4, 0.5) is 5.69 Å². The van der Waals surface area contributed by atoms with Crippen LogP contribution in [0.3, 0.4) is 0 Å². The van der Waals surface area contributed by atoms with E-state index in [1.807, 2.05) is 43.3 Å². The highest BCUT2D eigenvalue weighted by molar-refractivity contribution is 6.32. The average molecular weight is 428 g/mol. The first-order valence-electron chi connectivity index (χ1n) is 9.78. The molecule has 0 saturated carbocycles. The molecule has 0 bridgehead atoms. The number of carbonyl (C=O) groups is 2. The van der Waals surface area contributed by atoms with Gasteiger partial charge in [0, 0.05) is 40.1 Å². The van der Waals surface area contributed by atoms with E-state index in [0.717, 1.165) is 28.1 Å². The van der Waals surface area contributed by atoms with E-state index >= 15 is 0 Å². The number of ketones is 1. The summed E-state index contributed by atoms with van der Waals surface area (Å²) < 4.78 is 0. The van der Waals surface area contributed by atoms with Crippen molar-refractivity contribution in [2.75, 3.05) is 4.90 Å². The molecule has 150 valence electrons. The molecule has 29 heavy (non-hydrogen) atoms. The lowest BCUT2D eigenvalue weighted by Gasteiger charge is -2.43. The molecule has 3 nitrogen and oxygen atoms in total. The smallest absolute Gasteiger partial charge is 0.232 e. The van der Waals surface area contributed by atoms with Gasteiger partial charge >= 0.3 is 0 Å². The van der Waals surface area contributed by atoms with Gasteiger partial charge in [-0.25, -0.2) is 0 Å². The van der Waals surface area contributed by atoms with Crippen molar-refractivity contribution in [1.82, 2.24) is 0 Å². The molecule has 1 heterocycles. The van der Waals surface area contributed by atoms with Crippen molar-refractivity contribution in [2.24, 2.45) is 5.41 Å². The van der Waals surface area contributed by atoms with Gasteiger partial charge in [0.05, 0.1) is 5.69 Å². The van der Waals surface area contributed by atoms with Gasteiger partial charge in [0.25, 0.3) is 0 Å². The standard InChI is InChI=1S/C24H23Cl2NO2/c1-14-18(26)8-5-9-19(14)27-20-12-24(2,3)13-21(28)23(20)17(11-22(27)29)15-6-4-7-16(25)10-15/h4-10,17H,11-13H2,1-3H3. The number of allylic oxidation sites excluding steroid dienone is 2. The Balaban J connectivity index is 1.94. The van der Waals surface area contributed by atoms with E-state index in [9.17, 15) is 9.59 Å². The second-order valence-corrected chi connectivity index (χ2v) is 9.57. The Bertz CT molecular complexity index is 1050. The molecule has 0 N–H and O–H groups in total. The van der Waals surface area contributed by atoms with Crippen LogP contribution in [0.1, 0.15) is 50.2 Å². The molecule has 2 aromatic rings. The first-order valence-corrected chi connectivity index (χ1v) is 10.5. The van der Waals surface area contributed by atoms with Gasteiger partial charge in [-0.05, 0) is 54.2 Å². The normalized spacial score (nSPS) is 21.4. The van der Waals surface area contributed by atoms with Crippen molar-refractivity contribution in [3.05, 3.63) is 74.9 Å². The number of nitrogens with zero attached hydrogens (tertiary/aromatic N) is 1. The van der Waals surface area contributed by atoms with Crippen LogP contribution in [0, 0.1) is 12.3 Å². The molecule has 2 aromatic carbocycles. The summed E-state index contributed by atoms with van der Waals surface area (Å²) in [7, 11) is 0. The maximum atomic E-state index is 13.4. The van der Waals surface area contributed by atoms with Crippen LogP contribution < -0.4 is 4.90 Å². The Morgan fingerprint density at radius 1 is 1.03 bits per heavy atom. The highest BCUT2D eigenvalue weighted by atomic mass is 35.5. The Morgan fingerprint density at radius 3 is 2.48 bits per heavy atom. The quantitative estimate of drug-likeness (QED) is 0.550. The van der Waals surface area contributed by atoms with Crippen LogP contribution in [0.25, 0.3) is 0 Å². The van der Waals surface area contributed by atoms with Crippen molar-refractivity contribution in [3.8, 4) is 0 Å². The largest absolute Gasteiger partial charge is 0.294 e. The highest BCUT2D eigenvalue weighted by Gasteiger charge is 2.44. The minimum absolute atomic E-state index is 0.0235. The van der Waals surface area contributed by atoms with Crippen LogP contribution in [0.15, 0.2) is 53.7 Å². The molecule has 0 spiro atoms. The molecule has 0 saturated heterocycles. The number of amides is 1. The average Bonchev–Trinajstić information content (AvgIpc) is 2.63. The maximum absolute atomic E-state index is 13.4. The van der Waals surface area contributed by atoms with Gasteiger partial charge in [-0.3, -0.25) is 14.5 Å². The van der Waals surface area contributed by atoms with E-state index in [2.05, 4.69) is 13.8 Å². The maximum Gasteiger partial charge on any atom is 0.232 e. The van der Waals surface area contributed by atoms with Crippen LogP contribution in [-0.4, -0.2) is 11.7 Å². The number of hydrogen-bond donors (Lipinski definition) is 0. The zero-order valence-electron chi connectivity index (χ0n) is 16.8. The summed E-state index contributed by atoms with van der Waals surface area (Å²) >= 11 is 12.6. The lowest BCUT2D eigenvalue weighted by molar-refractivity contribution is -0.121. The first-order chi connectivity index (χ1) is 13.7. The number of benzene rings is 2. The van der Waals surface area contributed by atoms with Gasteiger partial charge in [0.15, 0.2) is 5.78 Å². The van der Waals surface area contributed by atoms with E-state index in [4.69, 9.17) is 23.2 Å². The molecular formula is C24H23Cl2NO2. The fourth-order valence-electron chi connectivity index (χ4n) is 4.54. The monoisotopic (exact) mass is 427 g/mol. The highest BCUT2D eigenvalue weighted by Crippen LogP contribution is 2.49. The van der Waals surface area contributed by atoms with Crippen molar-refractivity contribution in [2.45, 2.75) is 46.0 Å². The van der Waals surface area contributed by atoms with Crippen LogP contribution in [0.5, 0.6) is 0 Å². The van der Waals surface area contributed by atoms with Crippen molar-refractivity contribution < 1.29 is 9.59 Å². The lowest BCUT2D eigenvalue weighted by atomic mass is 9.69. The molecule has 0 radical (unpaired) electrons. The van der Waals surface area contributed by atoms with Crippen LogP contribution >= 0.6 is 23.2 Å². The SMILES string of the molecule is Cc1c(Cl)cccc1N1C(=O)CC(c2cccc(Cl)c2)C2=C1CC(C)(C)CC2=O. The first kappa shape index (κ1) is 20.2. The van der Waals surface area contributed by atoms with Crippen molar-refractivity contribution in [1.29, 1.82) is 0 Å². The van der Waals surface area contributed by atoms with E-state index in [0.29, 0.717) is 22.9 Å². The number of rotatable bonds is 2. The zero-order valence-corrected chi connectivity index (χ0v) is 18.3. The Labute approximate surface area is 181 Å². The van der Waals surface area contributed by atoms with Crippen molar-refractivity contribution in [3.63, 3.8) is 0 Å². The topological polar surface area (TPSA) is 37.4 Å². The van der Waals surface area contributed by atoms with Gasteiger partial charge < -0.3 is 0 Å². The molecular weight excluding hydrogens is 405 g/mol. The zero-order chi connectivity index (χ0) is 20.9. The summed E-state index contributed by atoms with van der Waals surface area (Å²) in [6.07, 6.45) is 1.36. The van der Waals surface area contributed by atoms with Gasteiger partial charge in [-0.1, -0.05) is 55.2 Å². The van der Waals surface area contributed by atoms with Gasteiger partial charge in [0.2, 0.25) is 5.91 Å². The van der Waals surface area contributed by atoms with Gasteiger partial charge in [0.1, 0.15) is 0 Å². The molecule has 0 fully saturated rings. The Kier molecular flexibility index (Phi) is 5.08. The van der Waals surface area contributed by atoms with Gasteiger partial charge in [-0.2, -0.15) is 0 Å². The summed E-state index contributed by atoms with van der Waals surface area (Å²) in [6.45, 7) is 6.06. The van der Waals surface area contributed by atoms with E-state index < -0.39 is 0 Å². The summed E-state index contributed by atoms with van der Waals surface area (Å²) in [5.74, 6) is -0.182. The second-order valence-electron chi connectivity index (χ2n) is 8.73. The number of halogens is 2. The Morgan fingerprint density at radius 2 is 1.76 bits per heavy atom. The van der Waals surface area contributed by atoms with E-state index in [1.54, 1.807) is 11.0 Å². The predicted molar refractivity (Wildman–Crippen MR) is 118 cm³/mol. The number of anilines is 1. The molecule has 1 amide bonds. The molecule has 4 rings (SSSR count). The van der Waals surface area contributed by atoms with E-state index in [1.165, 1.54) is 0 Å². The van der Waals surface area contributed by atoms with Crippen LogP contribution in [-0.2, 0) is 9.59 Å². The molecule has 1 unspecified atom stereocenters. The summed E-state index contributed by atoms with van der Waals surface area (Å²) in [5, 5.41) is 1.21. The fraction of sp³-hybridized carbons (Fsp3) is 0.333. The Hall–Kier alpha value is -2.10. The second kappa shape index (κ2) is 7.30. The fourth-order valence-corrected chi connectivity index (χ4v) is 4.91. The third-order valence-electron chi connectivity index (χ3n) is 5.87. The lowest BCUT2D eigenvalue weighted by Crippen LogP contribution is -2.44. The molecule has 1 aliphatic carbocycles. The molecule has 1 aliphatic heterocycles. The van der Waals surface area contributed by atoms with Crippen molar-refractivity contribution >= 4 is 40.6 Å². The minimum atomic E-state index is -0.268.